The molecule has 1 heterocycles. The van der Waals surface area contributed by atoms with Gasteiger partial charge < -0.3 is 19.4 Å². The Balaban J connectivity index is 1.53. The van der Waals surface area contributed by atoms with Crippen LogP contribution in [-0.4, -0.2) is 41.2 Å². The van der Waals surface area contributed by atoms with Crippen molar-refractivity contribution >= 4 is 0 Å². The standard InChI is InChI=1S/C28H31NO4/c1-2-25-27(32-20-23-14-8-4-9-15-23)28(33-21-24-16-10-5-11-17-24)26(18-29(25)30)31-19-22-12-6-3-7-13-22/h2-17,25-28,30H,1,18-21H2/t25-,26+,27+,28+/m0/s1. The molecule has 0 unspecified atom stereocenters. The summed E-state index contributed by atoms with van der Waals surface area (Å²) in [6, 6.07) is 29.6. The van der Waals surface area contributed by atoms with E-state index in [2.05, 4.69) is 6.58 Å². The molecular formula is C28H31NO4. The lowest BCUT2D eigenvalue weighted by atomic mass is 9.94. The van der Waals surface area contributed by atoms with Gasteiger partial charge in [0.25, 0.3) is 0 Å². The number of piperidine rings is 1. The van der Waals surface area contributed by atoms with Crippen LogP contribution in [0.4, 0.5) is 0 Å². The summed E-state index contributed by atoms with van der Waals surface area (Å²) in [6.45, 7) is 5.49. The molecule has 1 N–H and O–H groups in total. The third-order valence-electron chi connectivity index (χ3n) is 5.86. The monoisotopic (exact) mass is 445 g/mol. The maximum absolute atomic E-state index is 10.8. The first-order chi connectivity index (χ1) is 16.2. The van der Waals surface area contributed by atoms with E-state index < -0.39 is 12.1 Å². The van der Waals surface area contributed by atoms with Gasteiger partial charge in [0.15, 0.2) is 0 Å². The third kappa shape index (κ3) is 6.38. The van der Waals surface area contributed by atoms with E-state index in [1.165, 1.54) is 5.06 Å². The predicted octanol–water partition coefficient (Wildman–Crippen LogP) is 5.00. The molecule has 0 amide bonds. The Hall–Kier alpha value is -2.80. The Labute approximate surface area is 195 Å². The molecule has 5 nitrogen and oxygen atoms in total. The molecule has 3 aromatic carbocycles. The topological polar surface area (TPSA) is 51.2 Å². The van der Waals surface area contributed by atoms with E-state index in [1.54, 1.807) is 6.08 Å². The van der Waals surface area contributed by atoms with Crippen LogP contribution in [0.2, 0.25) is 0 Å². The summed E-state index contributed by atoms with van der Waals surface area (Å²) in [5.41, 5.74) is 3.19. The van der Waals surface area contributed by atoms with Crippen LogP contribution in [-0.2, 0) is 34.0 Å². The van der Waals surface area contributed by atoms with Crippen molar-refractivity contribution in [1.29, 1.82) is 0 Å². The van der Waals surface area contributed by atoms with E-state index in [0.29, 0.717) is 26.4 Å². The van der Waals surface area contributed by atoms with Gasteiger partial charge >= 0.3 is 0 Å². The molecule has 0 aromatic heterocycles. The molecule has 1 aliphatic heterocycles. The zero-order chi connectivity index (χ0) is 22.9. The Kier molecular flexibility index (Phi) is 8.41. The number of hydroxylamine groups is 2. The average Bonchev–Trinajstić information content (AvgIpc) is 2.87. The van der Waals surface area contributed by atoms with Crippen molar-refractivity contribution in [2.24, 2.45) is 0 Å². The van der Waals surface area contributed by atoms with Crippen molar-refractivity contribution in [3.05, 3.63) is 120 Å². The van der Waals surface area contributed by atoms with Gasteiger partial charge in [-0.2, -0.15) is 5.06 Å². The van der Waals surface area contributed by atoms with Gasteiger partial charge in [-0.05, 0) is 16.7 Å². The number of ether oxygens (including phenoxy) is 3. The summed E-state index contributed by atoms with van der Waals surface area (Å²) < 4.78 is 19.0. The lowest BCUT2D eigenvalue weighted by molar-refractivity contribution is -0.256. The number of nitrogens with zero attached hydrogens (tertiary/aromatic N) is 1. The van der Waals surface area contributed by atoms with Crippen LogP contribution in [0, 0.1) is 0 Å². The van der Waals surface area contributed by atoms with E-state index in [1.807, 2.05) is 91.0 Å². The lowest BCUT2D eigenvalue weighted by Crippen LogP contribution is -2.61. The SMILES string of the molecule is C=C[C@H]1[C@@H](OCc2ccccc2)[C@H](OCc2ccccc2)[C@H](OCc2ccccc2)CN1O. The molecule has 0 saturated carbocycles. The fourth-order valence-electron chi connectivity index (χ4n) is 4.10. The molecule has 1 aliphatic rings. The molecular weight excluding hydrogens is 414 g/mol. The van der Waals surface area contributed by atoms with Gasteiger partial charge in [0.1, 0.15) is 18.3 Å². The van der Waals surface area contributed by atoms with Crippen LogP contribution < -0.4 is 0 Å². The average molecular weight is 446 g/mol. The molecule has 1 saturated heterocycles. The van der Waals surface area contributed by atoms with Crippen molar-refractivity contribution in [2.75, 3.05) is 6.54 Å². The highest BCUT2D eigenvalue weighted by molar-refractivity contribution is 5.16. The van der Waals surface area contributed by atoms with Gasteiger partial charge in [-0.3, -0.25) is 0 Å². The minimum atomic E-state index is -0.453. The largest absolute Gasteiger partial charge is 0.369 e. The van der Waals surface area contributed by atoms with Gasteiger partial charge in [-0.1, -0.05) is 97.1 Å². The van der Waals surface area contributed by atoms with Gasteiger partial charge in [-0.15, -0.1) is 6.58 Å². The molecule has 33 heavy (non-hydrogen) atoms. The van der Waals surface area contributed by atoms with Crippen LogP contribution in [0.25, 0.3) is 0 Å². The zero-order valence-corrected chi connectivity index (χ0v) is 18.7. The van der Waals surface area contributed by atoms with Gasteiger partial charge in [0.2, 0.25) is 0 Å². The molecule has 1 fully saturated rings. The molecule has 4 atom stereocenters. The number of rotatable bonds is 10. The first-order valence-corrected chi connectivity index (χ1v) is 11.3. The second-order valence-corrected chi connectivity index (χ2v) is 8.21. The third-order valence-corrected chi connectivity index (χ3v) is 5.86. The van der Waals surface area contributed by atoms with E-state index in [0.717, 1.165) is 16.7 Å². The normalized spacial score (nSPS) is 23.3. The molecule has 172 valence electrons. The molecule has 5 heteroatoms. The minimum absolute atomic E-state index is 0.300. The number of benzene rings is 3. The van der Waals surface area contributed by atoms with Crippen LogP contribution >= 0.6 is 0 Å². The van der Waals surface area contributed by atoms with Crippen molar-refractivity contribution in [3.8, 4) is 0 Å². The quantitative estimate of drug-likeness (QED) is 0.445. The van der Waals surface area contributed by atoms with E-state index >= 15 is 0 Å². The van der Waals surface area contributed by atoms with Crippen LogP contribution in [0.5, 0.6) is 0 Å². The van der Waals surface area contributed by atoms with Gasteiger partial charge in [0, 0.05) is 0 Å². The van der Waals surface area contributed by atoms with Crippen molar-refractivity contribution < 1.29 is 19.4 Å². The Morgan fingerprint density at radius 3 is 1.58 bits per heavy atom. The number of hydrogen-bond donors (Lipinski definition) is 1. The highest BCUT2D eigenvalue weighted by atomic mass is 16.6. The highest BCUT2D eigenvalue weighted by Gasteiger charge is 2.44. The van der Waals surface area contributed by atoms with Crippen molar-refractivity contribution in [3.63, 3.8) is 0 Å². The Bertz CT molecular complexity index is 967. The summed E-state index contributed by atoms with van der Waals surface area (Å²) in [4.78, 5) is 0. The van der Waals surface area contributed by atoms with Gasteiger partial charge in [0.05, 0.1) is 32.4 Å². The first kappa shape index (κ1) is 23.4. The fraction of sp³-hybridized carbons (Fsp3) is 0.286. The Morgan fingerprint density at radius 1 is 0.697 bits per heavy atom. The maximum Gasteiger partial charge on any atom is 0.113 e. The maximum atomic E-state index is 10.8. The Morgan fingerprint density at radius 2 is 1.12 bits per heavy atom. The summed E-state index contributed by atoms with van der Waals surface area (Å²) >= 11 is 0. The number of hydrogen-bond acceptors (Lipinski definition) is 5. The second kappa shape index (κ2) is 11.9. The first-order valence-electron chi connectivity index (χ1n) is 11.3. The van der Waals surface area contributed by atoms with E-state index in [-0.39, 0.29) is 12.2 Å². The zero-order valence-electron chi connectivity index (χ0n) is 18.7. The summed E-state index contributed by atoms with van der Waals surface area (Å²) in [5.74, 6) is 0. The van der Waals surface area contributed by atoms with Gasteiger partial charge in [-0.25, -0.2) is 0 Å². The van der Waals surface area contributed by atoms with Crippen molar-refractivity contribution in [2.45, 2.75) is 44.2 Å². The van der Waals surface area contributed by atoms with Crippen LogP contribution in [0.15, 0.2) is 104 Å². The molecule has 3 aromatic rings. The summed E-state index contributed by atoms with van der Waals surface area (Å²) in [5, 5.41) is 12.0. The molecule has 4 rings (SSSR count). The van der Waals surface area contributed by atoms with Crippen LogP contribution in [0.3, 0.4) is 0 Å². The highest BCUT2D eigenvalue weighted by Crippen LogP contribution is 2.28. The smallest absolute Gasteiger partial charge is 0.113 e. The van der Waals surface area contributed by atoms with E-state index in [4.69, 9.17) is 14.2 Å². The second-order valence-electron chi connectivity index (χ2n) is 8.21. The molecule has 0 bridgehead atoms. The lowest BCUT2D eigenvalue weighted by Gasteiger charge is -2.45. The summed E-state index contributed by atoms with van der Waals surface area (Å²) in [6.07, 6.45) is 0.493. The molecule has 0 aliphatic carbocycles. The fourth-order valence-corrected chi connectivity index (χ4v) is 4.10. The molecule has 0 spiro atoms. The molecule has 0 radical (unpaired) electrons. The van der Waals surface area contributed by atoms with E-state index in [9.17, 15) is 5.21 Å². The minimum Gasteiger partial charge on any atom is -0.369 e. The van der Waals surface area contributed by atoms with Crippen molar-refractivity contribution in [1.82, 2.24) is 5.06 Å². The summed E-state index contributed by atoms with van der Waals surface area (Å²) in [7, 11) is 0. The van der Waals surface area contributed by atoms with Crippen LogP contribution in [0.1, 0.15) is 16.7 Å². The predicted molar refractivity (Wildman–Crippen MR) is 128 cm³/mol.